The second-order valence-electron chi connectivity index (χ2n) is 8.45. The molecule has 2 heterocycles. The van der Waals surface area contributed by atoms with Crippen LogP contribution < -0.4 is 5.32 Å². The Balaban J connectivity index is 1.59. The normalized spacial score (nSPS) is 27.9. The van der Waals surface area contributed by atoms with Crippen LogP contribution in [0.3, 0.4) is 0 Å². The second kappa shape index (κ2) is 13.2. The Morgan fingerprint density at radius 1 is 1.08 bits per heavy atom. The first-order valence-electron chi connectivity index (χ1n) is 11.7. The Hall–Kier alpha value is -2.04. The van der Waals surface area contributed by atoms with Crippen LogP contribution in [0.15, 0.2) is 73.0 Å². The average molecular weight is 573 g/mol. The van der Waals surface area contributed by atoms with Crippen LogP contribution in [0.5, 0.6) is 0 Å². The number of benzene rings is 2. The number of carbonyl (C=O) groups excluding carboxylic acids is 1. The smallest absolute Gasteiger partial charge is 0.407 e. The minimum absolute atomic E-state index is 0.232. The van der Waals surface area contributed by atoms with E-state index in [9.17, 15) is 4.79 Å². The maximum atomic E-state index is 12.7. The van der Waals surface area contributed by atoms with Crippen LogP contribution in [0.4, 0.5) is 4.79 Å². The van der Waals surface area contributed by atoms with Crippen molar-refractivity contribution in [1.29, 1.82) is 0 Å². The van der Waals surface area contributed by atoms with Crippen LogP contribution in [-0.2, 0) is 35.0 Å². The molecule has 1 amide bonds. The largest absolute Gasteiger partial charge is 0.471 e. The molecule has 0 aromatic heterocycles. The molecule has 2 aliphatic heterocycles. The first-order valence-corrected chi connectivity index (χ1v) is 12.9. The number of ether oxygens (including phenoxy) is 6. The number of amides is 1. The van der Waals surface area contributed by atoms with Crippen LogP contribution in [-0.4, -0.2) is 53.7 Å². The van der Waals surface area contributed by atoms with Gasteiger partial charge in [-0.2, -0.15) is 0 Å². The van der Waals surface area contributed by atoms with E-state index in [1.807, 2.05) is 60.7 Å². The van der Waals surface area contributed by atoms with Crippen LogP contribution >= 0.6 is 34.8 Å². The number of alkyl carbamates (subject to hydrolysis) is 1. The van der Waals surface area contributed by atoms with Gasteiger partial charge in [0, 0.05) is 5.56 Å². The summed E-state index contributed by atoms with van der Waals surface area (Å²) in [5, 5.41) is 2.76. The predicted octanol–water partition coefficient (Wildman–Crippen LogP) is 5.43. The maximum Gasteiger partial charge on any atom is 0.407 e. The quantitative estimate of drug-likeness (QED) is 0.334. The van der Waals surface area contributed by atoms with E-state index >= 15 is 0 Å². The Labute approximate surface area is 230 Å². The first-order chi connectivity index (χ1) is 17.8. The van der Waals surface area contributed by atoms with Gasteiger partial charge in [0.1, 0.15) is 31.0 Å². The fraction of sp³-hybridized carbons (Fsp3) is 0.423. The zero-order valence-corrected chi connectivity index (χ0v) is 22.3. The molecule has 2 aliphatic rings. The highest BCUT2D eigenvalue weighted by Crippen LogP contribution is 2.36. The maximum absolute atomic E-state index is 12.7. The van der Waals surface area contributed by atoms with Gasteiger partial charge in [-0.25, -0.2) is 4.79 Å². The van der Waals surface area contributed by atoms with E-state index in [0.29, 0.717) is 0 Å². The molecule has 6 atom stereocenters. The van der Waals surface area contributed by atoms with Crippen molar-refractivity contribution in [2.45, 2.75) is 54.3 Å². The number of hydrogen-bond acceptors (Lipinski definition) is 7. The van der Waals surface area contributed by atoms with Crippen molar-refractivity contribution < 1.29 is 33.2 Å². The topological polar surface area (TPSA) is 84.5 Å². The van der Waals surface area contributed by atoms with Crippen molar-refractivity contribution in [3.05, 3.63) is 84.1 Å². The minimum Gasteiger partial charge on any atom is -0.471 e. The van der Waals surface area contributed by atoms with E-state index in [4.69, 9.17) is 63.2 Å². The molecule has 200 valence electrons. The van der Waals surface area contributed by atoms with Gasteiger partial charge in [0.05, 0.1) is 19.5 Å². The molecular weight excluding hydrogens is 545 g/mol. The van der Waals surface area contributed by atoms with Crippen molar-refractivity contribution in [2.24, 2.45) is 0 Å². The molecule has 2 aromatic carbocycles. The molecule has 0 saturated carbocycles. The lowest BCUT2D eigenvalue weighted by atomic mass is 9.95. The van der Waals surface area contributed by atoms with Gasteiger partial charge in [-0.1, -0.05) is 102 Å². The molecule has 11 heteroatoms. The zero-order chi connectivity index (χ0) is 26.3. The summed E-state index contributed by atoms with van der Waals surface area (Å²) in [6, 6.07) is 18.4. The zero-order valence-electron chi connectivity index (χ0n) is 20.0. The summed E-state index contributed by atoms with van der Waals surface area (Å²) in [4.78, 5) is 12.7. The fourth-order valence-corrected chi connectivity index (χ4v) is 4.23. The van der Waals surface area contributed by atoms with E-state index in [1.165, 1.54) is 6.26 Å². The lowest BCUT2D eigenvalue weighted by Gasteiger charge is -2.48. The highest BCUT2D eigenvalue weighted by molar-refractivity contribution is 6.67. The predicted molar refractivity (Wildman–Crippen MR) is 138 cm³/mol. The summed E-state index contributed by atoms with van der Waals surface area (Å²) >= 11 is 17.2. The number of carbonyl (C=O) groups is 1. The van der Waals surface area contributed by atoms with Crippen LogP contribution in [0.2, 0.25) is 0 Å². The van der Waals surface area contributed by atoms with Gasteiger partial charge in [0.2, 0.25) is 10.1 Å². The SMILES string of the molecule is CC=CO[C@H]1OC2COC(c3ccccc3)O[C@H]2C(OCc2ccccc2)C1NC(=O)OCC(Cl)(Cl)Cl. The first kappa shape index (κ1) is 28.0. The van der Waals surface area contributed by atoms with Crippen molar-refractivity contribution in [3.8, 4) is 0 Å². The molecule has 0 bridgehead atoms. The summed E-state index contributed by atoms with van der Waals surface area (Å²) in [5.41, 5.74) is 1.79. The Morgan fingerprint density at radius 2 is 1.78 bits per heavy atom. The summed E-state index contributed by atoms with van der Waals surface area (Å²) < 4.78 is 34.0. The molecule has 1 N–H and O–H groups in total. The van der Waals surface area contributed by atoms with Crippen molar-refractivity contribution in [1.82, 2.24) is 5.32 Å². The Bertz CT molecular complexity index is 1020. The van der Waals surface area contributed by atoms with Crippen molar-refractivity contribution in [3.63, 3.8) is 0 Å². The third-order valence-corrected chi connectivity index (χ3v) is 6.02. The number of hydrogen-bond donors (Lipinski definition) is 1. The van der Waals surface area contributed by atoms with Gasteiger partial charge in [-0.15, -0.1) is 0 Å². The van der Waals surface area contributed by atoms with Crippen LogP contribution in [0, 0.1) is 0 Å². The number of fused-ring (bicyclic) bond motifs is 1. The third-order valence-electron chi connectivity index (χ3n) is 5.70. The number of allylic oxidation sites excluding steroid dienone is 1. The molecule has 4 unspecified atom stereocenters. The molecule has 2 saturated heterocycles. The number of nitrogens with one attached hydrogen (secondary N) is 1. The number of alkyl halides is 3. The van der Waals surface area contributed by atoms with Gasteiger partial charge in [0.25, 0.3) is 0 Å². The Kier molecular flexibility index (Phi) is 9.95. The summed E-state index contributed by atoms with van der Waals surface area (Å²) in [6.45, 7) is 1.84. The van der Waals surface area contributed by atoms with Crippen LogP contribution in [0.1, 0.15) is 24.3 Å². The van der Waals surface area contributed by atoms with E-state index < -0.39 is 53.4 Å². The molecular formula is C26H28Cl3NO7. The highest BCUT2D eigenvalue weighted by atomic mass is 35.6. The molecule has 8 nitrogen and oxygen atoms in total. The van der Waals surface area contributed by atoms with Gasteiger partial charge < -0.3 is 33.7 Å². The van der Waals surface area contributed by atoms with Gasteiger partial charge >= 0.3 is 6.09 Å². The highest BCUT2D eigenvalue weighted by Gasteiger charge is 2.52. The third kappa shape index (κ3) is 7.97. The number of rotatable bonds is 8. The lowest BCUT2D eigenvalue weighted by Crippen LogP contribution is -2.67. The van der Waals surface area contributed by atoms with Gasteiger partial charge in [0.15, 0.2) is 6.29 Å². The summed E-state index contributed by atoms with van der Waals surface area (Å²) in [6.07, 6.45) is -1.06. The van der Waals surface area contributed by atoms with Gasteiger partial charge in [-0.05, 0) is 12.5 Å². The fourth-order valence-electron chi connectivity index (χ4n) is 4.07. The average Bonchev–Trinajstić information content (AvgIpc) is 2.90. The van der Waals surface area contributed by atoms with Gasteiger partial charge in [-0.3, -0.25) is 0 Å². The lowest BCUT2D eigenvalue weighted by molar-refractivity contribution is -0.343. The molecule has 0 aliphatic carbocycles. The molecule has 0 spiro atoms. The molecule has 0 radical (unpaired) electrons. The van der Waals surface area contributed by atoms with Crippen molar-refractivity contribution in [2.75, 3.05) is 13.2 Å². The van der Waals surface area contributed by atoms with E-state index in [1.54, 1.807) is 13.0 Å². The second-order valence-corrected chi connectivity index (χ2v) is 11.0. The monoisotopic (exact) mass is 571 g/mol. The van der Waals surface area contributed by atoms with E-state index in [2.05, 4.69) is 5.32 Å². The molecule has 37 heavy (non-hydrogen) atoms. The van der Waals surface area contributed by atoms with Crippen LogP contribution in [0.25, 0.3) is 0 Å². The number of halogens is 3. The minimum atomic E-state index is -1.76. The van der Waals surface area contributed by atoms with Crippen molar-refractivity contribution >= 4 is 40.9 Å². The van der Waals surface area contributed by atoms with E-state index in [0.717, 1.165) is 11.1 Å². The molecule has 2 fully saturated rings. The molecule has 4 rings (SSSR count). The Morgan fingerprint density at radius 3 is 2.46 bits per heavy atom. The standard InChI is InChI=1S/C26H28Cl3NO7/c1-2-13-32-24-20(30-25(31)35-16-26(27,28)29)22(33-14-17-9-5-3-6-10-17)21-19(36-24)15-34-23(37-21)18-11-7-4-8-12-18/h2-13,19-24H,14-16H2,1H3,(H,30,31)/t19?,20?,21-,22?,23?,24+/m1/s1. The summed E-state index contributed by atoms with van der Waals surface area (Å²) in [7, 11) is 0. The van der Waals surface area contributed by atoms with E-state index in [-0.39, 0.29) is 13.2 Å². The molecule has 2 aromatic rings. The summed E-state index contributed by atoms with van der Waals surface area (Å²) in [5.74, 6) is 0.